The lowest BCUT2D eigenvalue weighted by Crippen LogP contribution is -2.57. The third kappa shape index (κ3) is 3.55. The van der Waals surface area contributed by atoms with Crippen LogP contribution in [0.15, 0.2) is 36.9 Å². The quantitative estimate of drug-likeness (QED) is 0.746. The first kappa shape index (κ1) is 20.0. The summed E-state index contributed by atoms with van der Waals surface area (Å²) in [5, 5.41) is 14.8. The van der Waals surface area contributed by atoms with E-state index in [1.807, 2.05) is 24.3 Å². The molecule has 0 spiro atoms. The van der Waals surface area contributed by atoms with Crippen LogP contribution in [0.3, 0.4) is 0 Å². The lowest BCUT2D eigenvalue weighted by atomic mass is 9.73. The number of ether oxygens (including phenoxy) is 1. The molecule has 6 atom stereocenters. The minimum absolute atomic E-state index is 0.0339. The number of benzene rings is 1. The van der Waals surface area contributed by atoms with Crippen molar-refractivity contribution in [3.05, 3.63) is 42.5 Å². The lowest BCUT2D eigenvalue weighted by Gasteiger charge is -2.51. The molecule has 6 heteroatoms. The number of rotatable bonds is 5. The predicted molar refractivity (Wildman–Crippen MR) is 115 cm³/mol. The molecule has 3 saturated heterocycles. The van der Waals surface area contributed by atoms with Crippen molar-refractivity contribution in [1.82, 2.24) is 9.80 Å². The topological polar surface area (TPSA) is 65.0 Å². The Morgan fingerprint density at radius 2 is 2.24 bits per heavy atom. The van der Waals surface area contributed by atoms with E-state index >= 15 is 0 Å². The number of carbonyl (C=O) groups excluding carboxylic acids is 1. The zero-order valence-corrected chi connectivity index (χ0v) is 17.5. The van der Waals surface area contributed by atoms with Crippen molar-refractivity contribution in [1.29, 1.82) is 0 Å². The molecule has 6 nitrogen and oxygen atoms in total. The van der Waals surface area contributed by atoms with Gasteiger partial charge in [0.25, 0.3) is 0 Å². The van der Waals surface area contributed by atoms with Crippen LogP contribution in [-0.2, 0) is 4.79 Å². The summed E-state index contributed by atoms with van der Waals surface area (Å²) >= 11 is 0. The monoisotopic (exact) mass is 397 g/mol. The van der Waals surface area contributed by atoms with Gasteiger partial charge in [0.05, 0.1) is 13.2 Å². The molecule has 0 aromatic heterocycles. The van der Waals surface area contributed by atoms with Gasteiger partial charge >= 0.3 is 0 Å². The van der Waals surface area contributed by atoms with Crippen LogP contribution in [0.1, 0.15) is 18.4 Å². The highest BCUT2D eigenvalue weighted by atomic mass is 16.5. The summed E-state index contributed by atoms with van der Waals surface area (Å²) in [4.78, 5) is 16.6. The Morgan fingerprint density at radius 1 is 1.45 bits per heavy atom. The maximum Gasteiger partial charge on any atom is 0.248 e. The van der Waals surface area contributed by atoms with Crippen molar-refractivity contribution in [2.75, 3.05) is 39.6 Å². The van der Waals surface area contributed by atoms with Gasteiger partial charge < -0.3 is 20.1 Å². The van der Waals surface area contributed by atoms with Gasteiger partial charge in [0.15, 0.2) is 0 Å². The lowest BCUT2D eigenvalue weighted by molar-refractivity contribution is -0.128. The zero-order valence-electron chi connectivity index (χ0n) is 17.5. The number of amides is 1. The van der Waals surface area contributed by atoms with Gasteiger partial charge in [-0.2, -0.15) is 0 Å². The first-order valence-corrected chi connectivity index (χ1v) is 10.4. The second kappa shape index (κ2) is 7.84. The SMILES string of the molecule is C=C[C@H]1CN2CC[C@H]1C[C@@H]2[C@@H](O)C1=CC(C(=O)N(C)C)Nc2ccc(OC)cc21. The number of nitrogens with one attached hydrogen (secondary N) is 1. The number of piperidine rings is 3. The second-order valence-electron chi connectivity index (χ2n) is 8.58. The average Bonchev–Trinajstić information content (AvgIpc) is 2.76. The Hall–Kier alpha value is -2.31. The van der Waals surface area contributed by atoms with Crippen LogP contribution in [0.5, 0.6) is 5.75 Å². The number of hydrogen-bond acceptors (Lipinski definition) is 5. The number of aliphatic hydroxyl groups is 1. The fraction of sp³-hybridized carbons (Fsp3) is 0.522. The molecule has 5 rings (SSSR count). The zero-order chi connectivity index (χ0) is 20.7. The van der Waals surface area contributed by atoms with Crippen molar-refractivity contribution in [3.63, 3.8) is 0 Å². The number of aliphatic hydroxyl groups excluding tert-OH is 1. The van der Waals surface area contributed by atoms with Gasteiger partial charge in [-0.15, -0.1) is 6.58 Å². The van der Waals surface area contributed by atoms with E-state index in [1.54, 1.807) is 26.1 Å². The minimum atomic E-state index is -0.658. The van der Waals surface area contributed by atoms with E-state index in [2.05, 4.69) is 22.9 Å². The predicted octanol–water partition coefficient (Wildman–Crippen LogP) is 2.22. The van der Waals surface area contributed by atoms with E-state index in [1.165, 1.54) is 0 Å². The smallest absolute Gasteiger partial charge is 0.248 e. The Bertz CT molecular complexity index is 835. The van der Waals surface area contributed by atoms with Gasteiger partial charge in [-0.05, 0) is 61.1 Å². The standard InChI is InChI=1S/C23H31N3O3/c1-5-14-13-26-9-8-15(14)10-21(26)22(27)18-12-20(23(28)25(2)3)24-19-7-6-16(29-4)11-17(18)19/h5-7,11-12,14-15,20-22,24,27H,1,8-10,13H2,2-4H3/t14-,15-,20?,21+,22-/m0/s1. The maximum atomic E-state index is 12.7. The molecule has 29 heavy (non-hydrogen) atoms. The van der Waals surface area contributed by atoms with E-state index in [9.17, 15) is 9.90 Å². The summed E-state index contributed by atoms with van der Waals surface area (Å²) in [6.45, 7) is 5.95. The van der Waals surface area contributed by atoms with Crippen molar-refractivity contribution in [2.45, 2.75) is 31.0 Å². The van der Waals surface area contributed by atoms with E-state index in [-0.39, 0.29) is 11.9 Å². The molecule has 0 radical (unpaired) electrons. The summed E-state index contributed by atoms with van der Waals surface area (Å²) < 4.78 is 5.41. The van der Waals surface area contributed by atoms with E-state index in [0.29, 0.717) is 11.8 Å². The summed E-state index contributed by atoms with van der Waals surface area (Å²) in [6.07, 6.45) is 5.41. The van der Waals surface area contributed by atoms with Crippen LogP contribution >= 0.6 is 0 Å². The minimum Gasteiger partial charge on any atom is -0.497 e. The Kier molecular flexibility index (Phi) is 5.40. The molecule has 0 aliphatic carbocycles. The van der Waals surface area contributed by atoms with Crippen LogP contribution in [0.4, 0.5) is 5.69 Å². The molecule has 1 amide bonds. The van der Waals surface area contributed by atoms with Gasteiger partial charge in [0.1, 0.15) is 11.8 Å². The molecule has 4 heterocycles. The first-order valence-electron chi connectivity index (χ1n) is 10.4. The van der Waals surface area contributed by atoms with Gasteiger partial charge in [0, 0.05) is 37.9 Å². The number of methoxy groups -OCH3 is 1. The summed E-state index contributed by atoms with van der Waals surface area (Å²) in [7, 11) is 5.13. The van der Waals surface area contributed by atoms with Crippen molar-refractivity contribution in [2.24, 2.45) is 11.8 Å². The molecular weight excluding hydrogens is 366 g/mol. The Balaban J connectivity index is 1.69. The molecule has 4 aliphatic rings. The van der Waals surface area contributed by atoms with Crippen LogP contribution in [-0.4, -0.2) is 73.3 Å². The highest BCUT2D eigenvalue weighted by molar-refractivity contribution is 5.94. The van der Waals surface area contributed by atoms with E-state index < -0.39 is 12.1 Å². The number of nitrogens with zero attached hydrogens (tertiary/aromatic N) is 2. The maximum absolute atomic E-state index is 12.7. The van der Waals surface area contributed by atoms with Crippen LogP contribution < -0.4 is 10.1 Å². The summed E-state index contributed by atoms with van der Waals surface area (Å²) in [5.74, 6) is 1.78. The molecule has 1 aromatic rings. The van der Waals surface area contributed by atoms with Crippen LogP contribution in [0, 0.1) is 11.8 Å². The van der Waals surface area contributed by atoms with Gasteiger partial charge in [-0.1, -0.05) is 6.08 Å². The Morgan fingerprint density at radius 3 is 2.86 bits per heavy atom. The number of likely N-dealkylation sites (N-methyl/N-ethyl adjacent to an activating group) is 1. The van der Waals surface area contributed by atoms with Crippen LogP contribution in [0.25, 0.3) is 5.57 Å². The van der Waals surface area contributed by atoms with Gasteiger partial charge in [-0.3, -0.25) is 9.69 Å². The highest BCUT2D eigenvalue weighted by Crippen LogP contribution is 2.42. The molecule has 4 aliphatic heterocycles. The fourth-order valence-corrected chi connectivity index (χ4v) is 5.08. The van der Waals surface area contributed by atoms with E-state index in [4.69, 9.17) is 4.74 Å². The molecule has 1 aromatic carbocycles. The number of carbonyl (C=O) groups is 1. The molecule has 2 N–H and O–H groups in total. The number of anilines is 1. The molecule has 0 saturated carbocycles. The van der Waals surface area contributed by atoms with Crippen molar-refractivity contribution < 1.29 is 14.6 Å². The second-order valence-corrected chi connectivity index (χ2v) is 8.58. The fourth-order valence-electron chi connectivity index (χ4n) is 5.08. The molecule has 2 bridgehead atoms. The van der Waals surface area contributed by atoms with Crippen molar-refractivity contribution in [3.8, 4) is 5.75 Å². The number of fused-ring (bicyclic) bond motifs is 4. The normalized spacial score (nSPS) is 31.2. The van der Waals surface area contributed by atoms with Gasteiger partial charge in [0.2, 0.25) is 5.91 Å². The van der Waals surface area contributed by atoms with Gasteiger partial charge in [-0.25, -0.2) is 0 Å². The molecular formula is C23H31N3O3. The largest absolute Gasteiger partial charge is 0.497 e. The van der Waals surface area contributed by atoms with Crippen LogP contribution in [0.2, 0.25) is 0 Å². The Labute approximate surface area is 172 Å². The summed E-state index contributed by atoms with van der Waals surface area (Å²) in [5.41, 5.74) is 2.57. The third-order valence-corrected chi connectivity index (χ3v) is 6.74. The first-order chi connectivity index (χ1) is 13.9. The third-order valence-electron chi connectivity index (χ3n) is 6.74. The number of hydrogen-bond donors (Lipinski definition) is 2. The van der Waals surface area contributed by atoms with E-state index in [0.717, 1.165) is 48.5 Å². The average molecular weight is 398 g/mol. The molecule has 2 unspecified atom stereocenters. The molecule has 156 valence electrons. The highest BCUT2D eigenvalue weighted by Gasteiger charge is 2.43. The summed E-state index contributed by atoms with van der Waals surface area (Å²) in [6, 6.07) is 5.30. The van der Waals surface area contributed by atoms with Crippen molar-refractivity contribution >= 4 is 17.2 Å². The molecule has 3 fully saturated rings.